The van der Waals surface area contributed by atoms with Crippen molar-refractivity contribution in [3.63, 3.8) is 0 Å². The predicted molar refractivity (Wildman–Crippen MR) is 94.1 cm³/mol. The minimum Gasteiger partial charge on any atom is -0.465 e. The van der Waals surface area contributed by atoms with E-state index < -0.39 is 10.8 Å². The molecule has 0 radical (unpaired) electrons. The van der Waals surface area contributed by atoms with Crippen LogP contribution in [0.3, 0.4) is 0 Å². The molecule has 0 aromatic rings. The highest BCUT2D eigenvalue weighted by Gasteiger charge is 2.14. The second-order valence-electron chi connectivity index (χ2n) is 5.56. The van der Waals surface area contributed by atoms with Crippen LogP contribution in [-0.2, 0) is 19.1 Å². The van der Waals surface area contributed by atoms with E-state index in [4.69, 9.17) is 32.7 Å². The zero-order valence-corrected chi connectivity index (χ0v) is 15.8. The van der Waals surface area contributed by atoms with Crippen LogP contribution in [0.2, 0.25) is 0 Å². The molecule has 23 heavy (non-hydrogen) atoms. The van der Waals surface area contributed by atoms with Gasteiger partial charge in [-0.1, -0.05) is 46.0 Å². The third-order valence-electron chi connectivity index (χ3n) is 3.51. The fourth-order valence-electron chi connectivity index (χ4n) is 1.95. The number of hydrogen-bond donors (Lipinski definition) is 0. The number of carbonyl (C=O) groups is 2. The Bertz CT molecular complexity index is 294. The SMILES string of the molecule is CCC(Cl)C(=O)OCCCCCCCCCOC(=O)C(Cl)CC. The van der Waals surface area contributed by atoms with Crippen LogP contribution in [0.1, 0.15) is 71.6 Å². The number of halogens is 2. The molecule has 0 aliphatic heterocycles. The average molecular weight is 369 g/mol. The molecule has 0 amide bonds. The van der Waals surface area contributed by atoms with Gasteiger partial charge >= 0.3 is 11.9 Å². The van der Waals surface area contributed by atoms with E-state index in [0.29, 0.717) is 26.1 Å². The van der Waals surface area contributed by atoms with Crippen LogP contribution in [0.5, 0.6) is 0 Å². The Hall–Kier alpha value is -0.480. The van der Waals surface area contributed by atoms with Gasteiger partial charge in [0.25, 0.3) is 0 Å². The molecule has 0 aromatic heterocycles. The normalized spacial score (nSPS) is 13.4. The van der Waals surface area contributed by atoms with E-state index in [1.807, 2.05) is 13.8 Å². The molecule has 4 nitrogen and oxygen atoms in total. The van der Waals surface area contributed by atoms with Gasteiger partial charge in [0.2, 0.25) is 0 Å². The van der Waals surface area contributed by atoms with Crippen LogP contribution >= 0.6 is 23.2 Å². The van der Waals surface area contributed by atoms with E-state index in [0.717, 1.165) is 44.9 Å². The highest BCUT2D eigenvalue weighted by molar-refractivity contribution is 6.30. The fraction of sp³-hybridized carbons (Fsp3) is 0.882. The first-order chi connectivity index (χ1) is 11.0. The second kappa shape index (κ2) is 15.1. The first-order valence-electron chi connectivity index (χ1n) is 8.64. The van der Waals surface area contributed by atoms with Gasteiger partial charge in [0, 0.05) is 0 Å². The summed E-state index contributed by atoms with van der Waals surface area (Å²) in [6.07, 6.45) is 8.43. The summed E-state index contributed by atoms with van der Waals surface area (Å²) in [4.78, 5) is 22.6. The van der Waals surface area contributed by atoms with Gasteiger partial charge in [-0.2, -0.15) is 0 Å². The number of esters is 2. The molecular formula is C17H30Cl2O4. The van der Waals surface area contributed by atoms with Gasteiger partial charge in [0.05, 0.1) is 13.2 Å². The maximum absolute atomic E-state index is 11.3. The summed E-state index contributed by atoms with van der Waals surface area (Å²) in [7, 11) is 0. The van der Waals surface area contributed by atoms with Crippen molar-refractivity contribution in [2.75, 3.05) is 13.2 Å². The highest BCUT2D eigenvalue weighted by Crippen LogP contribution is 2.10. The standard InChI is InChI=1S/C17H30Cl2O4/c1-3-14(18)16(20)22-12-10-8-6-5-7-9-11-13-23-17(21)15(19)4-2/h14-15H,3-13H2,1-2H3. The Morgan fingerprint density at radius 3 is 1.30 bits per heavy atom. The monoisotopic (exact) mass is 368 g/mol. The van der Waals surface area contributed by atoms with Gasteiger partial charge in [-0.25, -0.2) is 0 Å². The summed E-state index contributed by atoms with van der Waals surface area (Å²) in [6.45, 7) is 4.62. The molecule has 0 spiro atoms. The lowest BCUT2D eigenvalue weighted by atomic mass is 10.1. The molecule has 0 aromatic carbocycles. The van der Waals surface area contributed by atoms with Gasteiger partial charge < -0.3 is 9.47 Å². The summed E-state index contributed by atoms with van der Waals surface area (Å²) in [5.74, 6) is -0.628. The second-order valence-corrected chi connectivity index (χ2v) is 6.62. The molecule has 0 fully saturated rings. The molecule has 0 aliphatic rings. The number of alkyl halides is 2. The van der Waals surface area contributed by atoms with Crippen molar-refractivity contribution in [2.24, 2.45) is 0 Å². The van der Waals surface area contributed by atoms with Gasteiger partial charge in [-0.3, -0.25) is 9.59 Å². The molecule has 0 N–H and O–H groups in total. The Kier molecular flexibility index (Phi) is 14.8. The van der Waals surface area contributed by atoms with E-state index >= 15 is 0 Å². The minimum atomic E-state index is -0.518. The molecule has 2 unspecified atom stereocenters. The molecule has 136 valence electrons. The first kappa shape index (κ1) is 22.5. The number of rotatable bonds is 14. The van der Waals surface area contributed by atoms with Crippen LogP contribution < -0.4 is 0 Å². The van der Waals surface area contributed by atoms with Crippen LogP contribution in [0.15, 0.2) is 0 Å². The van der Waals surface area contributed by atoms with Crippen molar-refractivity contribution in [3.8, 4) is 0 Å². The van der Waals surface area contributed by atoms with Crippen LogP contribution in [0.4, 0.5) is 0 Å². The van der Waals surface area contributed by atoms with Gasteiger partial charge in [0.1, 0.15) is 10.8 Å². The fourth-order valence-corrected chi connectivity index (χ4v) is 2.07. The van der Waals surface area contributed by atoms with Crippen LogP contribution in [-0.4, -0.2) is 35.9 Å². The summed E-state index contributed by atoms with van der Waals surface area (Å²) in [5.41, 5.74) is 0. The Morgan fingerprint density at radius 1 is 0.696 bits per heavy atom. The molecule has 0 heterocycles. The van der Waals surface area contributed by atoms with E-state index in [9.17, 15) is 9.59 Å². The van der Waals surface area contributed by atoms with Crippen molar-refractivity contribution in [2.45, 2.75) is 82.4 Å². The molecule has 0 aliphatic carbocycles. The van der Waals surface area contributed by atoms with E-state index in [-0.39, 0.29) is 11.9 Å². The van der Waals surface area contributed by atoms with E-state index in [1.54, 1.807) is 0 Å². The van der Waals surface area contributed by atoms with E-state index in [1.165, 1.54) is 0 Å². The number of unbranched alkanes of at least 4 members (excludes halogenated alkanes) is 6. The summed E-state index contributed by atoms with van der Waals surface area (Å²) < 4.78 is 10.2. The lowest BCUT2D eigenvalue weighted by Crippen LogP contribution is -2.17. The molecule has 0 saturated carbocycles. The summed E-state index contributed by atoms with van der Waals surface area (Å²) >= 11 is 11.5. The number of ether oxygens (including phenoxy) is 2. The highest BCUT2D eigenvalue weighted by atomic mass is 35.5. The van der Waals surface area contributed by atoms with Crippen molar-refractivity contribution in [3.05, 3.63) is 0 Å². The maximum atomic E-state index is 11.3. The van der Waals surface area contributed by atoms with Crippen LogP contribution in [0.25, 0.3) is 0 Å². The molecule has 0 bridgehead atoms. The summed E-state index contributed by atoms with van der Waals surface area (Å²) in [6, 6.07) is 0. The molecular weight excluding hydrogens is 339 g/mol. The Labute approximate surface area is 150 Å². The van der Waals surface area contributed by atoms with Crippen LogP contribution in [0, 0.1) is 0 Å². The zero-order chi connectivity index (χ0) is 17.5. The largest absolute Gasteiger partial charge is 0.465 e. The Morgan fingerprint density at radius 2 is 1.00 bits per heavy atom. The first-order valence-corrected chi connectivity index (χ1v) is 9.51. The third-order valence-corrected chi connectivity index (χ3v) is 4.48. The third kappa shape index (κ3) is 12.6. The quantitative estimate of drug-likeness (QED) is 0.250. The van der Waals surface area contributed by atoms with Crippen molar-refractivity contribution < 1.29 is 19.1 Å². The van der Waals surface area contributed by atoms with Crippen molar-refractivity contribution in [1.82, 2.24) is 0 Å². The topological polar surface area (TPSA) is 52.6 Å². The average Bonchev–Trinajstić information content (AvgIpc) is 2.57. The molecule has 6 heteroatoms. The molecule has 0 saturated heterocycles. The lowest BCUT2D eigenvalue weighted by molar-refractivity contribution is -0.144. The maximum Gasteiger partial charge on any atom is 0.324 e. The zero-order valence-electron chi connectivity index (χ0n) is 14.3. The minimum absolute atomic E-state index is 0.314. The van der Waals surface area contributed by atoms with Crippen molar-refractivity contribution in [1.29, 1.82) is 0 Å². The lowest BCUT2D eigenvalue weighted by Gasteiger charge is -2.08. The van der Waals surface area contributed by atoms with Gasteiger partial charge in [-0.15, -0.1) is 23.2 Å². The van der Waals surface area contributed by atoms with Gasteiger partial charge in [0.15, 0.2) is 0 Å². The van der Waals surface area contributed by atoms with Crippen molar-refractivity contribution >= 4 is 35.1 Å². The number of hydrogen-bond acceptors (Lipinski definition) is 4. The van der Waals surface area contributed by atoms with E-state index in [2.05, 4.69) is 0 Å². The van der Waals surface area contributed by atoms with Gasteiger partial charge in [-0.05, 0) is 25.7 Å². The predicted octanol–water partition coefficient (Wildman–Crippen LogP) is 4.84. The molecule has 2 atom stereocenters. The summed E-state index contributed by atoms with van der Waals surface area (Å²) in [5, 5.41) is -1.04. The number of carbonyl (C=O) groups excluding carboxylic acids is 2. The molecule has 0 rings (SSSR count). The Balaban J connectivity index is 3.28. The smallest absolute Gasteiger partial charge is 0.324 e.